The number of allylic oxidation sites excluding steroid dienone is 3. The number of hydrogen-bond donors (Lipinski definition) is 1. The Labute approximate surface area is 119 Å². The average Bonchev–Trinajstić information content (AvgIpc) is 2.27. The summed E-state index contributed by atoms with van der Waals surface area (Å²) in [4.78, 5) is 22.1. The molecule has 0 saturated carbocycles. The maximum atomic E-state index is 12.1. The first-order chi connectivity index (χ1) is 9.33. The van der Waals surface area contributed by atoms with Gasteiger partial charge in [0.05, 0.1) is 13.2 Å². The van der Waals surface area contributed by atoms with E-state index in [1.165, 1.54) is 12.2 Å². The molecule has 114 valence electrons. The monoisotopic (exact) mass is 304 g/mol. The first kappa shape index (κ1) is 18.8. The number of Topliss-reactive ketones (excluding diaryl/α,β-unsaturated/α-hetero) is 1. The first-order valence-electron chi connectivity index (χ1n) is 6.29. The van der Waals surface area contributed by atoms with Crippen molar-refractivity contribution in [2.24, 2.45) is 0 Å². The zero-order valence-electron chi connectivity index (χ0n) is 12.0. The second-order valence-electron chi connectivity index (χ2n) is 4.03. The Morgan fingerprint density at radius 1 is 1.20 bits per heavy atom. The summed E-state index contributed by atoms with van der Waals surface area (Å²) >= 11 is 0. The molecule has 0 aliphatic carbocycles. The normalized spacial score (nSPS) is 12.8. The molecule has 0 unspecified atom stereocenters. The molecule has 0 bridgehead atoms. The highest BCUT2D eigenvalue weighted by atomic mass is 31.2. The third-order valence-electron chi connectivity index (χ3n) is 2.12. The smallest absolute Gasteiger partial charge is 0.338 e. The van der Waals surface area contributed by atoms with Crippen LogP contribution in [0.3, 0.4) is 0 Å². The standard InChI is InChI=1S/C13H21O6P/c1-4-18-20(17,19-5-2)10-12(14)9-11(3)7-6-8-13(15)16/h6-8H,4-5,9-10H2,1-3H3,(H,15,16)/b8-6+,11-7-. The van der Waals surface area contributed by atoms with Crippen molar-refractivity contribution in [3.05, 3.63) is 23.8 Å². The highest BCUT2D eigenvalue weighted by Crippen LogP contribution is 2.48. The number of carbonyl (C=O) groups is 2. The second kappa shape index (κ2) is 9.64. The highest BCUT2D eigenvalue weighted by Gasteiger charge is 2.27. The molecule has 0 spiro atoms. The highest BCUT2D eigenvalue weighted by molar-refractivity contribution is 7.54. The van der Waals surface area contributed by atoms with Crippen LogP contribution in [0.4, 0.5) is 0 Å². The van der Waals surface area contributed by atoms with Gasteiger partial charge in [-0.05, 0) is 20.8 Å². The molecule has 0 amide bonds. The van der Waals surface area contributed by atoms with Gasteiger partial charge in [0, 0.05) is 12.5 Å². The van der Waals surface area contributed by atoms with E-state index >= 15 is 0 Å². The first-order valence-corrected chi connectivity index (χ1v) is 8.02. The van der Waals surface area contributed by atoms with Gasteiger partial charge in [-0.15, -0.1) is 0 Å². The molecule has 0 saturated heterocycles. The van der Waals surface area contributed by atoms with E-state index in [4.69, 9.17) is 14.2 Å². The van der Waals surface area contributed by atoms with Crippen molar-refractivity contribution in [1.29, 1.82) is 0 Å². The Morgan fingerprint density at radius 2 is 1.75 bits per heavy atom. The lowest BCUT2D eigenvalue weighted by atomic mass is 10.1. The van der Waals surface area contributed by atoms with Crippen molar-refractivity contribution in [1.82, 2.24) is 0 Å². The fourth-order valence-electron chi connectivity index (χ4n) is 1.46. The summed E-state index contributed by atoms with van der Waals surface area (Å²) in [6, 6.07) is 0. The number of carbonyl (C=O) groups excluding carboxylic acids is 1. The van der Waals surface area contributed by atoms with Gasteiger partial charge in [0.2, 0.25) is 0 Å². The third-order valence-corrected chi connectivity index (χ3v) is 4.16. The van der Waals surface area contributed by atoms with E-state index in [1.807, 2.05) is 0 Å². The van der Waals surface area contributed by atoms with Gasteiger partial charge in [-0.25, -0.2) is 4.79 Å². The lowest BCUT2D eigenvalue weighted by Crippen LogP contribution is -2.10. The SMILES string of the molecule is CCOP(=O)(CC(=O)C/C(C)=C\C=C\C(=O)O)OCC. The molecule has 0 rings (SSSR count). The van der Waals surface area contributed by atoms with Gasteiger partial charge >= 0.3 is 13.6 Å². The number of ketones is 1. The number of hydrogen-bond acceptors (Lipinski definition) is 5. The van der Waals surface area contributed by atoms with Crippen molar-refractivity contribution in [3.63, 3.8) is 0 Å². The summed E-state index contributed by atoms with van der Waals surface area (Å²) in [6.07, 6.45) is 3.64. The number of carboxylic acid groups (broad SMARTS) is 1. The van der Waals surface area contributed by atoms with Gasteiger partial charge in [0.15, 0.2) is 0 Å². The minimum atomic E-state index is -3.36. The lowest BCUT2D eigenvalue weighted by molar-refractivity contribution is -0.131. The lowest BCUT2D eigenvalue weighted by Gasteiger charge is -2.16. The van der Waals surface area contributed by atoms with Gasteiger partial charge in [-0.2, -0.15) is 0 Å². The van der Waals surface area contributed by atoms with E-state index in [2.05, 4.69) is 0 Å². The van der Waals surface area contributed by atoms with Gasteiger partial charge in [0.1, 0.15) is 11.9 Å². The van der Waals surface area contributed by atoms with E-state index in [0.717, 1.165) is 6.08 Å². The summed E-state index contributed by atoms with van der Waals surface area (Å²) < 4.78 is 22.2. The largest absolute Gasteiger partial charge is 0.478 e. The Kier molecular flexibility index (Phi) is 9.05. The van der Waals surface area contributed by atoms with Crippen LogP contribution in [0.25, 0.3) is 0 Å². The Balaban J connectivity index is 4.53. The summed E-state index contributed by atoms with van der Waals surface area (Å²) in [5.74, 6) is -1.33. The fraction of sp³-hybridized carbons (Fsp3) is 0.538. The molecule has 0 aliphatic rings. The predicted octanol–water partition coefficient (Wildman–Crippen LogP) is 2.80. The van der Waals surface area contributed by atoms with Gasteiger partial charge in [0.25, 0.3) is 0 Å². The Morgan fingerprint density at radius 3 is 2.20 bits per heavy atom. The van der Waals surface area contributed by atoms with Gasteiger partial charge in [-0.1, -0.05) is 17.7 Å². The average molecular weight is 304 g/mol. The van der Waals surface area contributed by atoms with Crippen LogP contribution in [0.15, 0.2) is 23.8 Å². The molecular weight excluding hydrogens is 283 g/mol. The molecule has 0 aromatic rings. The van der Waals surface area contributed by atoms with Crippen molar-refractivity contribution in [3.8, 4) is 0 Å². The minimum absolute atomic E-state index is 0.0775. The molecule has 6 nitrogen and oxygen atoms in total. The van der Waals surface area contributed by atoms with Crippen molar-refractivity contribution >= 4 is 19.3 Å². The second-order valence-corrected chi connectivity index (χ2v) is 6.08. The van der Waals surface area contributed by atoms with Crippen LogP contribution >= 0.6 is 7.60 Å². The molecule has 0 heterocycles. The minimum Gasteiger partial charge on any atom is -0.478 e. The predicted molar refractivity (Wildman–Crippen MR) is 75.9 cm³/mol. The molecule has 20 heavy (non-hydrogen) atoms. The summed E-state index contributed by atoms with van der Waals surface area (Å²) in [5, 5.41) is 8.43. The molecule has 0 radical (unpaired) electrons. The zero-order chi connectivity index (χ0) is 15.6. The molecule has 0 aromatic carbocycles. The Bertz CT molecular complexity index is 428. The van der Waals surface area contributed by atoms with Crippen LogP contribution in [0, 0.1) is 0 Å². The summed E-state index contributed by atoms with van der Waals surface area (Å²) in [5.41, 5.74) is 0.673. The van der Waals surface area contributed by atoms with Crippen LogP contribution in [0.1, 0.15) is 27.2 Å². The van der Waals surface area contributed by atoms with Crippen LogP contribution in [0.2, 0.25) is 0 Å². The van der Waals surface area contributed by atoms with Crippen LogP contribution < -0.4 is 0 Å². The zero-order valence-corrected chi connectivity index (χ0v) is 12.9. The maximum Gasteiger partial charge on any atom is 0.338 e. The maximum absolute atomic E-state index is 12.1. The van der Waals surface area contributed by atoms with Crippen molar-refractivity contribution in [2.45, 2.75) is 27.2 Å². The van der Waals surface area contributed by atoms with Crippen LogP contribution in [0.5, 0.6) is 0 Å². The van der Waals surface area contributed by atoms with Crippen LogP contribution in [-0.2, 0) is 23.2 Å². The van der Waals surface area contributed by atoms with E-state index in [-0.39, 0.29) is 31.6 Å². The molecule has 0 aromatic heterocycles. The summed E-state index contributed by atoms with van der Waals surface area (Å²) in [7, 11) is -3.36. The Hall–Kier alpha value is -1.23. The van der Waals surface area contributed by atoms with Gasteiger partial charge in [-0.3, -0.25) is 9.36 Å². The van der Waals surface area contributed by atoms with E-state index < -0.39 is 13.6 Å². The van der Waals surface area contributed by atoms with Crippen LogP contribution in [-0.4, -0.2) is 36.2 Å². The van der Waals surface area contributed by atoms with Gasteiger partial charge < -0.3 is 14.2 Å². The van der Waals surface area contributed by atoms with Crippen molar-refractivity contribution < 1.29 is 28.3 Å². The van der Waals surface area contributed by atoms with E-state index in [0.29, 0.717) is 5.57 Å². The molecule has 7 heteroatoms. The molecule has 0 atom stereocenters. The molecule has 0 fully saturated rings. The van der Waals surface area contributed by atoms with E-state index in [1.54, 1.807) is 20.8 Å². The number of carboxylic acids is 1. The quantitative estimate of drug-likeness (QED) is 0.379. The number of rotatable bonds is 10. The van der Waals surface area contributed by atoms with E-state index in [9.17, 15) is 14.2 Å². The third kappa shape index (κ3) is 8.80. The number of aliphatic carboxylic acids is 1. The topological polar surface area (TPSA) is 89.9 Å². The fourth-order valence-corrected chi connectivity index (χ4v) is 3.05. The summed E-state index contributed by atoms with van der Waals surface area (Å²) in [6.45, 7) is 5.47. The molecule has 0 aliphatic heterocycles. The molecule has 1 N–H and O–H groups in total. The molecular formula is C13H21O6P. The van der Waals surface area contributed by atoms with Crippen molar-refractivity contribution in [2.75, 3.05) is 19.4 Å².